The molecular weight excluding hydrogens is 973 g/mol. The molecule has 0 bridgehead atoms. The molecular formula is C48H28N2O23. The molecule has 9 aromatic rings. The molecule has 0 spiro atoms. The predicted octanol–water partition coefficient (Wildman–Crippen LogP) is 11.0. The van der Waals surface area contributed by atoms with E-state index < -0.39 is 166 Å². The van der Waals surface area contributed by atoms with Crippen molar-refractivity contribution in [3.05, 3.63) is 94.7 Å². The number of benzene rings is 8. The summed E-state index contributed by atoms with van der Waals surface area (Å²) in [5, 5.41) is 155. The lowest BCUT2D eigenvalue weighted by Gasteiger charge is -2.25. The van der Waals surface area contributed by atoms with Crippen molar-refractivity contribution in [1.29, 1.82) is 0 Å². The van der Waals surface area contributed by atoms with Crippen molar-refractivity contribution in [3.8, 4) is 161 Å². The van der Waals surface area contributed by atoms with Gasteiger partial charge in [-0.1, -0.05) is 0 Å². The summed E-state index contributed by atoms with van der Waals surface area (Å²) in [6.07, 6.45) is 0. The molecule has 0 saturated carbocycles. The van der Waals surface area contributed by atoms with Gasteiger partial charge in [0.1, 0.15) is 74.5 Å². The Hall–Kier alpha value is -11.2. The van der Waals surface area contributed by atoms with Crippen molar-refractivity contribution in [2.45, 2.75) is 0 Å². The summed E-state index contributed by atoms with van der Waals surface area (Å²) in [5.41, 5.74) is -3.17. The number of rotatable bonds is 11. The molecule has 0 aliphatic carbocycles. The Kier molecular flexibility index (Phi) is 10.5. The van der Waals surface area contributed by atoms with E-state index in [9.17, 15) is 81.3 Å². The highest BCUT2D eigenvalue weighted by molar-refractivity contribution is 6.16. The molecule has 25 nitrogen and oxygen atoms in total. The molecule has 0 fully saturated rings. The van der Waals surface area contributed by atoms with Crippen LogP contribution in [0.15, 0.2) is 99.7 Å². The lowest BCUT2D eigenvalue weighted by atomic mass is 9.99. The number of aromatic hydroxyl groups is 14. The van der Waals surface area contributed by atoms with Crippen molar-refractivity contribution in [2.75, 3.05) is 0 Å². The van der Waals surface area contributed by atoms with E-state index in [-0.39, 0.29) is 27.7 Å². The molecule has 73 heavy (non-hydrogen) atoms. The summed E-state index contributed by atoms with van der Waals surface area (Å²) in [6, 6.07) is 12.1. The number of phenolic OH excluding ortho intramolecular Hbond substituents is 14. The molecule has 2 heterocycles. The molecule has 10 rings (SSSR count). The van der Waals surface area contributed by atoms with Crippen molar-refractivity contribution in [1.82, 2.24) is 0 Å². The lowest BCUT2D eigenvalue weighted by Crippen LogP contribution is -2.03. The fourth-order valence-electron chi connectivity index (χ4n) is 7.86. The zero-order chi connectivity index (χ0) is 51.9. The quantitative estimate of drug-likeness (QED) is 0.0535. The van der Waals surface area contributed by atoms with Gasteiger partial charge in [-0.25, -0.2) is 0 Å². The highest BCUT2D eigenvalue weighted by atomic mass is 16.6. The Balaban J connectivity index is 1.10. The number of fused-ring (bicyclic) bond motifs is 6. The number of nitroso groups, excluding NO2 is 2. The van der Waals surface area contributed by atoms with E-state index >= 15 is 0 Å². The zero-order valence-electron chi connectivity index (χ0n) is 35.9. The van der Waals surface area contributed by atoms with E-state index in [1.807, 2.05) is 0 Å². The second-order valence-electron chi connectivity index (χ2n) is 15.6. The third-order valence-electron chi connectivity index (χ3n) is 10.8. The van der Waals surface area contributed by atoms with Crippen LogP contribution in [0.3, 0.4) is 0 Å². The van der Waals surface area contributed by atoms with Gasteiger partial charge >= 0.3 is 0 Å². The van der Waals surface area contributed by atoms with Crippen LogP contribution in [0, 0.1) is 9.81 Å². The van der Waals surface area contributed by atoms with Crippen molar-refractivity contribution in [3.63, 3.8) is 0 Å². The molecule has 1 aliphatic rings. The van der Waals surface area contributed by atoms with E-state index in [0.29, 0.717) is 6.07 Å². The molecule has 0 atom stereocenters. The first-order valence-corrected chi connectivity index (χ1v) is 20.4. The van der Waals surface area contributed by atoms with Crippen LogP contribution in [0.1, 0.15) is 0 Å². The number of furan rings is 1. The molecule has 1 aliphatic heterocycles. The number of phenols is 14. The smallest absolute Gasteiger partial charge is 0.220 e. The first-order valence-electron chi connectivity index (χ1n) is 20.4. The Bertz CT molecular complexity index is 3830. The minimum atomic E-state index is -0.951. The molecule has 0 amide bonds. The average Bonchev–Trinajstić information content (AvgIpc) is 3.70. The predicted molar refractivity (Wildman–Crippen MR) is 246 cm³/mol. The Morgan fingerprint density at radius 3 is 1.49 bits per heavy atom. The normalized spacial score (nSPS) is 11.6. The van der Waals surface area contributed by atoms with Crippen LogP contribution in [-0.4, -0.2) is 71.5 Å². The number of ether oxygens (including phenoxy) is 6. The SMILES string of the molecule is O=Nc1cc2oc3c(Oc4cc(O)cc(O)c4)c(O)cc(O)c3c2c2c1Oc1c(Oc3cc(O)cc(O)c3-c3c(N=O)cc(O)cc3Oc3c(O)cc(O)cc3Oc3c(O)cc(O)cc3O)c(O)cc(O)c1O2. The van der Waals surface area contributed by atoms with E-state index in [1.165, 1.54) is 0 Å². The minimum absolute atomic E-state index is 0.182. The highest BCUT2D eigenvalue weighted by Gasteiger charge is 2.37. The second-order valence-corrected chi connectivity index (χ2v) is 15.6. The van der Waals surface area contributed by atoms with Gasteiger partial charge in [0.15, 0.2) is 63.0 Å². The number of hydrogen-bond acceptors (Lipinski definition) is 25. The van der Waals surface area contributed by atoms with Crippen LogP contribution in [0.5, 0.6) is 149 Å². The molecule has 0 saturated heterocycles. The third-order valence-corrected chi connectivity index (χ3v) is 10.8. The average molecular weight is 1000 g/mol. The van der Waals surface area contributed by atoms with Gasteiger partial charge in [0, 0.05) is 84.9 Å². The van der Waals surface area contributed by atoms with Crippen LogP contribution in [0.2, 0.25) is 0 Å². The van der Waals surface area contributed by atoms with Crippen LogP contribution >= 0.6 is 0 Å². The second kappa shape index (κ2) is 16.8. The maximum Gasteiger partial charge on any atom is 0.220 e. The fraction of sp³-hybridized carbons (Fsp3) is 0. The van der Waals surface area contributed by atoms with Crippen molar-refractivity contribution >= 4 is 33.3 Å². The van der Waals surface area contributed by atoms with Gasteiger partial charge < -0.3 is 104 Å². The van der Waals surface area contributed by atoms with Gasteiger partial charge in [-0.15, -0.1) is 9.81 Å². The monoisotopic (exact) mass is 1000 g/mol. The molecule has 14 N–H and O–H groups in total. The molecule has 1 aromatic heterocycles. The van der Waals surface area contributed by atoms with Crippen molar-refractivity contribution in [2.24, 2.45) is 10.4 Å². The highest BCUT2D eigenvalue weighted by Crippen LogP contribution is 2.64. The Morgan fingerprint density at radius 1 is 0.342 bits per heavy atom. The van der Waals surface area contributed by atoms with E-state index in [0.717, 1.165) is 78.9 Å². The topological polar surface area (TPSA) is 411 Å². The first kappa shape index (κ1) is 45.5. The summed E-state index contributed by atoms with van der Waals surface area (Å²) < 4.78 is 41.6. The van der Waals surface area contributed by atoms with Crippen molar-refractivity contribution < 1.29 is 104 Å². The maximum absolute atomic E-state index is 12.5. The van der Waals surface area contributed by atoms with Gasteiger partial charge in [-0.2, -0.15) is 0 Å². The summed E-state index contributed by atoms with van der Waals surface area (Å²) in [6.45, 7) is 0. The van der Waals surface area contributed by atoms with E-state index in [4.69, 9.17) is 32.8 Å². The molecule has 0 radical (unpaired) electrons. The molecule has 368 valence electrons. The number of nitrogens with zero attached hydrogens (tertiary/aromatic N) is 2. The largest absolute Gasteiger partial charge is 0.508 e. The molecule has 25 heteroatoms. The first-order chi connectivity index (χ1) is 34.8. The lowest BCUT2D eigenvalue weighted by molar-refractivity contribution is 0.315. The van der Waals surface area contributed by atoms with Crippen LogP contribution in [0.4, 0.5) is 11.4 Å². The third kappa shape index (κ3) is 7.73. The van der Waals surface area contributed by atoms with E-state index in [1.54, 1.807) is 0 Å². The standard InChI is InChI=1S/C48H28N2O23/c51-15-1-16(52)3-21(2-15)67-43-29(62)13-25(58)38-39-34(70-46(38)43)12-23(50-66)40-47(39)73-45-31(64)14-30(63)44(48(45)72-40)69-33-10-19(55)5-24(57)37(33)36-22(49-65)4-17(53)9-32(36)68-42-28(61)8-20(56)11-35(42)71-41-26(59)6-18(54)7-27(41)60/h1-14,51-64H. The summed E-state index contributed by atoms with van der Waals surface area (Å²) >= 11 is 0. The van der Waals surface area contributed by atoms with Gasteiger partial charge in [0.2, 0.25) is 34.5 Å². The minimum Gasteiger partial charge on any atom is -0.508 e. The van der Waals surface area contributed by atoms with E-state index in [2.05, 4.69) is 10.4 Å². The zero-order valence-corrected chi connectivity index (χ0v) is 35.9. The Morgan fingerprint density at radius 2 is 0.836 bits per heavy atom. The molecule has 8 aromatic carbocycles. The summed E-state index contributed by atoms with van der Waals surface area (Å²) in [4.78, 5) is 25.0. The summed E-state index contributed by atoms with van der Waals surface area (Å²) in [7, 11) is 0. The van der Waals surface area contributed by atoms with Gasteiger partial charge in [-0.3, -0.25) is 0 Å². The van der Waals surface area contributed by atoms with Crippen LogP contribution < -0.4 is 28.4 Å². The molecule has 0 unspecified atom stereocenters. The van der Waals surface area contributed by atoms with Gasteiger partial charge in [-0.05, 0) is 10.4 Å². The van der Waals surface area contributed by atoms with Crippen LogP contribution in [-0.2, 0) is 0 Å². The summed E-state index contributed by atoms with van der Waals surface area (Å²) in [5.74, 6) is -17.6. The van der Waals surface area contributed by atoms with Gasteiger partial charge in [0.25, 0.3) is 0 Å². The Labute approximate surface area is 402 Å². The van der Waals surface area contributed by atoms with Crippen LogP contribution in [0.25, 0.3) is 33.1 Å². The van der Waals surface area contributed by atoms with Gasteiger partial charge in [0.05, 0.1) is 21.9 Å². The number of hydrogen-bond donors (Lipinski definition) is 14. The maximum atomic E-state index is 12.5. The fourth-order valence-corrected chi connectivity index (χ4v) is 7.86.